The van der Waals surface area contributed by atoms with Crippen LogP contribution in [0.15, 0.2) is 24.3 Å². The fourth-order valence-corrected chi connectivity index (χ4v) is 5.56. The van der Waals surface area contributed by atoms with Crippen molar-refractivity contribution < 1.29 is 6.16 Å². The van der Waals surface area contributed by atoms with E-state index in [2.05, 4.69) is 70.0 Å². The number of rotatable bonds is 12. The maximum atomic E-state index is 6.16. The van der Waals surface area contributed by atoms with Crippen molar-refractivity contribution in [2.24, 2.45) is 5.92 Å². The van der Waals surface area contributed by atoms with Crippen LogP contribution in [0.25, 0.3) is 0 Å². The Balaban J connectivity index is 0.00000342. The van der Waals surface area contributed by atoms with Gasteiger partial charge in [0.2, 0.25) is 0 Å². The zero-order chi connectivity index (χ0) is 23.8. The standard InChI is InChI=1S/C28H49N5O.H2/c1-4-9-30-14-16-33(17-15-30)27-7-5-25(6-8-27)22-29-26-20-28(21-26)34-19-18-31-10-12-32(13-11-31)23-24(2)3;/h5-8,24,26,28-29H,4,9-23H2,1-3H3;1H. The molecule has 2 saturated heterocycles. The van der Waals surface area contributed by atoms with Crippen molar-refractivity contribution >= 4 is 5.69 Å². The number of piperazine rings is 2. The molecule has 0 radical (unpaired) electrons. The van der Waals surface area contributed by atoms with E-state index in [1.54, 1.807) is 0 Å². The van der Waals surface area contributed by atoms with Gasteiger partial charge in [0.1, 0.15) is 0 Å². The summed E-state index contributed by atoms with van der Waals surface area (Å²) in [5.74, 6) is 0.769. The molecule has 0 aromatic heterocycles. The quantitative estimate of drug-likeness (QED) is 0.501. The molecule has 2 aliphatic heterocycles. The number of benzene rings is 1. The Morgan fingerprint density at radius 1 is 0.882 bits per heavy atom. The zero-order valence-corrected chi connectivity index (χ0v) is 22.1. The first kappa shape index (κ1) is 25.9. The van der Waals surface area contributed by atoms with Crippen molar-refractivity contribution in [3.63, 3.8) is 0 Å². The topological polar surface area (TPSA) is 34.2 Å². The maximum Gasteiger partial charge on any atom is 0.0605 e. The fourth-order valence-electron chi connectivity index (χ4n) is 5.56. The lowest BCUT2D eigenvalue weighted by atomic mass is 9.89. The molecule has 1 aromatic rings. The second-order valence-corrected chi connectivity index (χ2v) is 11.1. The predicted octanol–water partition coefficient (Wildman–Crippen LogP) is 3.38. The van der Waals surface area contributed by atoms with Gasteiger partial charge >= 0.3 is 0 Å². The van der Waals surface area contributed by atoms with E-state index in [0.29, 0.717) is 12.1 Å². The molecule has 194 valence electrons. The lowest BCUT2D eigenvalue weighted by Crippen LogP contribution is -2.49. The van der Waals surface area contributed by atoms with Crippen LogP contribution in [0.4, 0.5) is 5.69 Å². The van der Waals surface area contributed by atoms with Gasteiger partial charge in [-0.1, -0.05) is 32.9 Å². The minimum absolute atomic E-state index is 0. The monoisotopic (exact) mass is 473 g/mol. The van der Waals surface area contributed by atoms with E-state index in [9.17, 15) is 0 Å². The van der Waals surface area contributed by atoms with Crippen LogP contribution in [-0.4, -0.2) is 105 Å². The van der Waals surface area contributed by atoms with E-state index in [0.717, 1.165) is 51.5 Å². The third-order valence-corrected chi connectivity index (χ3v) is 7.75. The molecule has 0 atom stereocenters. The van der Waals surface area contributed by atoms with E-state index >= 15 is 0 Å². The number of ether oxygens (including phenoxy) is 1. The summed E-state index contributed by atoms with van der Waals surface area (Å²) in [6.07, 6.45) is 4.02. The molecule has 1 aliphatic carbocycles. The van der Waals surface area contributed by atoms with Gasteiger partial charge in [0.25, 0.3) is 0 Å². The van der Waals surface area contributed by atoms with E-state index < -0.39 is 0 Å². The Morgan fingerprint density at radius 3 is 2.15 bits per heavy atom. The van der Waals surface area contributed by atoms with Crippen LogP contribution in [0.1, 0.15) is 47.0 Å². The Labute approximate surface area is 210 Å². The number of hydrogen-bond donors (Lipinski definition) is 1. The smallest absolute Gasteiger partial charge is 0.0605 e. The zero-order valence-electron chi connectivity index (χ0n) is 22.1. The van der Waals surface area contributed by atoms with Crippen LogP contribution in [0.3, 0.4) is 0 Å². The predicted molar refractivity (Wildman–Crippen MR) is 145 cm³/mol. The first-order chi connectivity index (χ1) is 16.6. The lowest BCUT2D eigenvalue weighted by molar-refractivity contribution is -0.0283. The van der Waals surface area contributed by atoms with Gasteiger partial charge in [-0.25, -0.2) is 0 Å². The summed E-state index contributed by atoms with van der Waals surface area (Å²) < 4.78 is 6.16. The van der Waals surface area contributed by atoms with Gasteiger partial charge in [-0.05, 0) is 49.4 Å². The lowest BCUT2D eigenvalue weighted by Gasteiger charge is -2.38. The van der Waals surface area contributed by atoms with Gasteiger partial charge in [0.05, 0.1) is 12.7 Å². The van der Waals surface area contributed by atoms with Gasteiger partial charge in [-0.15, -0.1) is 0 Å². The highest BCUT2D eigenvalue weighted by atomic mass is 16.5. The molecule has 0 amide bonds. The largest absolute Gasteiger partial charge is 0.377 e. The van der Waals surface area contributed by atoms with Gasteiger partial charge in [-0.3, -0.25) is 9.80 Å². The molecule has 3 fully saturated rings. The van der Waals surface area contributed by atoms with Crippen molar-refractivity contribution in [3.05, 3.63) is 29.8 Å². The van der Waals surface area contributed by atoms with Crippen molar-refractivity contribution in [3.8, 4) is 0 Å². The van der Waals surface area contributed by atoms with Crippen LogP contribution in [0.2, 0.25) is 0 Å². The van der Waals surface area contributed by atoms with Gasteiger partial charge in [0, 0.05) is 85.1 Å². The van der Waals surface area contributed by atoms with Crippen LogP contribution in [0.5, 0.6) is 0 Å². The number of anilines is 1. The Hall–Kier alpha value is -1.18. The highest BCUT2D eigenvalue weighted by Gasteiger charge is 2.29. The van der Waals surface area contributed by atoms with Gasteiger partial charge in [-0.2, -0.15) is 0 Å². The summed E-state index contributed by atoms with van der Waals surface area (Å²) in [6.45, 7) is 21.8. The highest BCUT2D eigenvalue weighted by Crippen LogP contribution is 2.24. The van der Waals surface area contributed by atoms with E-state index in [4.69, 9.17) is 4.74 Å². The summed E-state index contributed by atoms with van der Waals surface area (Å²) in [6, 6.07) is 9.82. The molecule has 6 heteroatoms. The molecule has 2 heterocycles. The molecule has 4 rings (SSSR count). The summed E-state index contributed by atoms with van der Waals surface area (Å²) in [5.41, 5.74) is 2.76. The van der Waals surface area contributed by atoms with Gasteiger partial charge in [0.15, 0.2) is 0 Å². The molecular formula is C28H51N5O. The third-order valence-electron chi connectivity index (χ3n) is 7.75. The second-order valence-electron chi connectivity index (χ2n) is 11.1. The van der Waals surface area contributed by atoms with Crippen molar-refractivity contribution in [1.29, 1.82) is 0 Å². The molecule has 0 bridgehead atoms. The molecule has 1 aromatic carbocycles. The molecule has 1 N–H and O–H groups in total. The number of hydrogen-bond acceptors (Lipinski definition) is 6. The second kappa shape index (κ2) is 13.2. The average molecular weight is 474 g/mol. The summed E-state index contributed by atoms with van der Waals surface area (Å²) in [7, 11) is 0. The SMILES string of the molecule is CCCN1CCN(c2ccc(CNC3CC(OCCN4CCN(CC(C)C)CC4)C3)cc2)CC1.[HH]. The maximum absolute atomic E-state index is 6.16. The van der Waals surface area contributed by atoms with E-state index in [1.807, 2.05) is 0 Å². The van der Waals surface area contributed by atoms with E-state index in [-0.39, 0.29) is 1.43 Å². The highest BCUT2D eigenvalue weighted by molar-refractivity contribution is 5.48. The minimum Gasteiger partial charge on any atom is -0.377 e. The van der Waals surface area contributed by atoms with Crippen molar-refractivity contribution in [2.75, 3.05) is 83.5 Å². The number of nitrogens with zero attached hydrogens (tertiary/aromatic N) is 4. The number of nitrogens with one attached hydrogen (secondary N) is 1. The summed E-state index contributed by atoms with van der Waals surface area (Å²) >= 11 is 0. The molecule has 0 unspecified atom stereocenters. The molecular weight excluding hydrogens is 422 g/mol. The summed E-state index contributed by atoms with van der Waals surface area (Å²) in [4.78, 5) is 10.3. The molecule has 1 saturated carbocycles. The fraction of sp³-hybridized carbons (Fsp3) is 0.786. The van der Waals surface area contributed by atoms with Crippen molar-refractivity contribution in [1.82, 2.24) is 20.0 Å². The molecule has 34 heavy (non-hydrogen) atoms. The molecule has 6 nitrogen and oxygen atoms in total. The Bertz CT molecular complexity index is 696. The molecule has 0 spiro atoms. The molecule has 3 aliphatic rings. The first-order valence-electron chi connectivity index (χ1n) is 13.9. The first-order valence-corrected chi connectivity index (χ1v) is 13.9. The summed E-state index contributed by atoms with van der Waals surface area (Å²) in [5, 5.41) is 3.73. The van der Waals surface area contributed by atoms with Crippen LogP contribution in [-0.2, 0) is 11.3 Å². The normalized spacial score (nSPS) is 25.1. The van der Waals surface area contributed by atoms with Crippen LogP contribution < -0.4 is 10.2 Å². The van der Waals surface area contributed by atoms with Crippen LogP contribution >= 0.6 is 0 Å². The minimum atomic E-state index is 0. The van der Waals surface area contributed by atoms with Crippen molar-refractivity contribution in [2.45, 2.75) is 58.7 Å². The average Bonchev–Trinajstić information content (AvgIpc) is 2.82. The Morgan fingerprint density at radius 2 is 1.50 bits per heavy atom. The Kier molecular flexibility index (Phi) is 10.1. The van der Waals surface area contributed by atoms with Crippen LogP contribution in [0, 0.1) is 5.92 Å². The van der Waals surface area contributed by atoms with Gasteiger partial charge < -0.3 is 19.9 Å². The third kappa shape index (κ3) is 7.92. The van der Waals surface area contributed by atoms with E-state index in [1.165, 1.54) is 70.0 Å².